The summed E-state index contributed by atoms with van der Waals surface area (Å²) >= 11 is 0. The van der Waals surface area contributed by atoms with Crippen LogP contribution in [0.5, 0.6) is 5.75 Å². The van der Waals surface area contributed by atoms with E-state index in [1.54, 1.807) is 7.11 Å². The molecule has 2 nitrogen and oxygen atoms in total. The van der Waals surface area contributed by atoms with Crippen molar-refractivity contribution in [3.8, 4) is 16.9 Å². The van der Waals surface area contributed by atoms with Crippen LogP contribution in [-0.4, -0.2) is 12.1 Å². The van der Waals surface area contributed by atoms with E-state index in [1.165, 1.54) is 11.1 Å². The normalized spacial score (nSPS) is 10.9. The fourth-order valence-electron chi connectivity index (χ4n) is 2.43. The number of hydrogen-bond acceptors (Lipinski definition) is 2. The van der Waals surface area contributed by atoms with Crippen LogP contribution < -0.4 is 4.74 Å². The summed E-state index contributed by atoms with van der Waals surface area (Å²) in [6, 6.07) is 20.8. The number of rotatable bonds is 4. The fraction of sp³-hybridized carbons (Fsp3) is 0.0952. The molecule has 3 rings (SSSR count). The molecule has 0 saturated carbocycles. The van der Waals surface area contributed by atoms with Crippen LogP contribution in [0.1, 0.15) is 16.8 Å². The average molecular weight is 301 g/mol. The van der Waals surface area contributed by atoms with Gasteiger partial charge < -0.3 is 4.74 Å². The highest BCUT2D eigenvalue weighted by Crippen LogP contribution is 2.21. The van der Waals surface area contributed by atoms with Gasteiger partial charge in [0.15, 0.2) is 0 Å². The van der Waals surface area contributed by atoms with Gasteiger partial charge in [-0.15, -0.1) is 0 Å². The second-order valence-electron chi connectivity index (χ2n) is 5.40. The van der Waals surface area contributed by atoms with E-state index in [1.807, 2.05) is 31.3 Å². The molecule has 2 aromatic carbocycles. The maximum atomic E-state index is 5.33. The Bertz CT molecular complexity index is 805. The highest BCUT2D eigenvalue weighted by Gasteiger charge is 1.99. The van der Waals surface area contributed by atoms with Crippen LogP contribution in [-0.2, 0) is 0 Å². The van der Waals surface area contributed by atoms with Crippen molar-refractivity contribution >= 4 is 12.2 Å². The Balaban J connectivity index is 1.78. The minimum Gasteiger partial charge on any atom is -0.496 e. The first-order chi connectivity index (χ1) is 11.3. The topological polar surface area (TPSA) is 22.1 Å². The molecule has 0 radical (unpaired) electrons. The van der Waals surface area contributed by atoms with Gasteiger partial charge in [-0.3, -0.25) is 4.98 Å². The lowest BCUT2D eigenvalue weighted by Gasteiger charge is -2.04. The summed E-state index contributed by atoms with van der Waals surface area (Å²) in [6.45, 7) is 1.99. The molecule has 3 aromatic rings. The van der Waals surface area contributed by atoms with E-state index in [4.69, 9.17) is 4.74 Å². The zero-order chi connectivity index (χ0) is 16.1. The van der Waals surface area contributed by atoms with Gasteiger partial charge in [-0.25, -0.2) is 0 Å². The van der Waals surface area contributed by atoms with Crippen LogP contribution in [0.2, 0.25) is 0 Å². The lowest BCUT2D eigenvalue weighted by atomic mass is 10.0. The van der Waals surface area contributed by atoms with E-state index in [0.29, 0.717) is 0 Å². The van der Waals surface area contributed by atoms with Gasteiger partial charge in [0, 0.05) is 17.8 Å². The molecule has 0 unspecified atom stereocenters. The molecular weight excluding hydrogens is 282 g/mol. The number of nitrogens with zero attached hydrogens (tertiary/aromatic N) is 1. The summed E-state index contributed by atoms with van der Waals surface area (Å²) in [6.07, 6.45) is 5.89. The molecule has 0 N–H and O–H groups in total. The van der Waals surface area contributed by atoms with Crippen LogP contribution in [0.15, 0.2) is 66.9 Å². The molecular formula is C21H19NO. The minimum absolute atomic E-state index is 0.860. The minimum atomic E-state index is 0.860. The Hall–Kier alpha value is -2.87. The number of benzene rings is 2. The summed E-state index contributed by atoms with van der Waals surface area (Å²) in [5.41, 5.74) is 5.52. The van der Waals surface area contributed by atoms with E-state index in [-0.39, 0.29) is 0 Å². The molecule has 0 fully saturated rings. The third kappa shape index (κ3) is 3.67. The molecule has 0 aliphatic heterocycles. The van der Waals surface area contributed by atoms with Gasteiger partial charge in [0.05, 0.1) is 12.8 Å². The summed E-state index contributed by atoms with van der Waals surface area (Å²) < 4.78 is 5.33. The first-order valence-electron chi connectivity index (χ1n) is 7.60. The third-order valence-electron chi connectivity index (χ3n) is 3.76. The lowest BCUT2D eigenvalue weighted by molar-refractivity contribution is 0.411. The van der Waals surface area contributed by atoms with Gasteiger partial charge in [0.1, 0.15) is 5.75 Å². The number of hydrogen-bond donors (Lipinski definition) is 0. The Morgan fingerprint density at radius 2 is 1.57 bits per heavy atom. The van der Waals surface area contributed by atoms with Crippen LogP contribution in [0.3, 0.4) is 0 Å². The molecule has 0 saturated heterocycles. The number of methoxy groups -OCH3 is 1. The van der Waals surface area contributed by atoms with Crippen molar-refractivity contribution in [1.82, 2.24) is 4.98 Å². The molecule has 0 bridgehead atoms. The van der Waals surface area contributed by atoms with Crippen molar-refractivity contribution in [2.75, 3.05) is 7.11 Å². The smallest absolute Gasteiger partial charge is 0.125 e. The summed E-state index contributed by atoms with van der Waals surface area (Å²) in [7, 11) is 1.68. The molecule has 23 heavy (non-hydrogen) atoms. The monoisotopic (exact) mass is 301 g/mol. The van der Waals surface area contributed by atoms with Crippen molar-refractivity contribution < 1.29 is 4.74 Å². The van der Waals surface area contributed by atoms with Crippen LogP contribution in [0.25, 0.3) is 23.3 Å². The summed E-state index contributed by atoms with van der Waals surface area (Å²) in [5, 5.41) is 0. The summed E-state index contributed by atoms with van der Waals surface area (Å²) in [5.74, 6) is 0.860. The zero-order valence-corrected chi connectivity index (χ0v) is 13.4. The van der Waals surface area contributed by atoms with Gasteiger partial charge in [-0.05, 0) is 29.7 Å². The van der Waals surface area contributed by atoms with Crippen molar-refractivity contribution in [2.45, 2.75) is 6.92 Å². The molecule has 114 valence electrons. The maximum absolute atomic E-state index is 5.33. The van der Waals surface area contributed by atoms with Crippen LogP contribution in [0, 0.1) is 6.92 Å². The molecule has 2 heteroatoms. The Morgan fingerprint density at radius 3 is 2.26 bits per heavy atom. The fourth-order valence-corrected chi connectivity index (χ4v) is 2.43. The third-order valence-corrected chi connectivity index (χ3v) is 3.76. The van der Waals surface area contributed by atoms with Crippen molar-refractivity contribution in [1.29, 1.82) is 0 Å². The van der Waals surface area contributed by atoms with Crippen molar-refractivity contribution in [3.63, 3.8) is 0 Å². The van der Waals surface area contributed by atoms with E-state index in [0.717, 1.165) is 22.6 Å². The Kier molecular flexibility index (Phi) is 4.53. The van der Waals surface area contributed by atoms with Gasteiger partial charge in [-0.1, -0.05) is 60.7 Å². The van der Waals surface area contributed by atoms with Gasteiger partial charge in [-0.2, -0.15) is 0 Å². The predicted octanol–water partition coefficient (Wildman–Crippen LogP) is 5.24. The number of aromatic nitrogens is 1. The average Bonchev–Trinajstić information content (AvgIpc) is 2.62. The first kappa shape index (κ1) is 15.0. The highest BCUT2D eigenvalue weighted by molar-refractivity contribution is 5.71. The van der Waals surface area contributed by atoms with Gasteiger partial charge in [0.25, 0.3) is 0 Å². The molecule has 0 amide bonds. The van der Waals surface area contributed by atoms with E-state index >= 15 is 0 Å². The molecule has 0 spiro atoms. The zero-order valence-electron chi connectivity index (χ0n) is 13.4. The first-order valence-corrected chi connectivity index (χ1v) is 7.60. The Morgan fingerprint density at radius 1 is 0.870 bits per heavy atom. The highest BCUT2D eigenvalue weighted by atomic mass is 16.5. The number of ether oxygens (including phenoxy) is 1. The largest absolute Gasteiger partial charge is 0.496 e. The quantitative estimate of drug-likeness (QED) is 0.657. The second-order valence-corrected chi connectivity index (χ2v) is 5.40. The van der Waals surface area contributed by atoms with E-state index in [2.05, 4.69) is 59.6 Å². The predicted molar refractivity (Wildman–Crippen MR) is 96.3 cm³/mol. The second kappa shape index (κ2) is 6.93. The molecule has 1 heterocycles. The van der Waals surface area contributed by atoms with E-state index in [9.17, 15) is 0 Å². The van der Waals surface area contributed by atoms with Crippen LogP contribution >= 0.6 is 0 Å². The molecule has 1 aromatic heterocycles. The standard InChI is InChI=1S/C21H19NO/c1-16-15-22-20(14-21(16)23-2)13-10-17-8-11-19(12-9-17)18-6-4-3-5-7-18/h3-15H,1-2H3/b13-10+. The molecule has 0 aliphatic carbocycles. The van der Waals surface area contributed by atoms with E-state index < -0.39 is 0 Å². The molecule has 0 atom stereocenters. The molecule has 0 aliphatic rings. The van der Waals surface area contributed by atoms with Gasteiger partial charge >= 0.3 is 0 Å². The van der Waals surface area contributed by atoms with Crippen molar-refractivity contribution in [2.24, 2.45) is 0 Å². The number of aryl methyl sites for hydroxylation is 1. The van der Waals surface area contributed by atoms with Crippen molar-refractivity contribution in [3.05, 3.63) is 83.7 Å². The lowest BCUT2D eigenvalue weighted by Crippen LogP contribution is -1.90. The Labute approximate surface area is 137 Å². The SMILES string of the molecule is COc1cc(/C=C/c2ccc(-c3ccccc3)cc2)ncc1C. The van der Waals surface area contributed by atoms with Crippen LogP contribution in [0.4, 0.5) is 0 Å². The van der Waals surface area contributed by atoms with Gasteiger partial charge in [0.2, 0.25) is 0 Å². The maximum Gasteiger partial charge on any atom is 0.125 e. The summed E-state index contributed by atoms with van der Waals surface area (Å²) in [4.78, 5) is 4.40. The number of pyridine rings is 1.